The molecule has 0 bridgehead atoms. The summed E-state index contributed by atoms with van der Waals surface area (Å²) in [6, 6.07) is -0.410. The van der Waals surface area contributed by atoms with Crippen molar-refractivity contribution < 1.29 is 17.9 Å². The Kier molecular flexibility index (Phi) is 4.40. The number of alkyl halides is 3. The molecule has 9 heteroatoms. The van der Waals surface area contributed by atoms with Crippen LogP contribution in [0.15, 0.2) is 17.8 Å². The molecule has 0 spiro atoms. The van der Waals surface area contributed by atoms with Gasteiger partial charge in [-0.15, -0.1) is 11.3 Å². The van der Waals surface area contributed by atoms with Gasteiger partial charge < -0.3 is 4.74 Å². The number of nitrogens with two attached hydrogens (primary N) is 1. The summed E-state index contributed by atoms with van der Waals surface area (Å²) < 4.78 is 42.3. The Morgan fingerprint density at radius 1 is 1.53 bits per heavy atom. The van der Waals surface area contributed by atoms with Crippen molar-refractivity contribution in [1.29, 1.82) is 0 Å². The zero-order valence-corrected chi connectivity index (χ0v) is 10.7. The number of thiazole rings is 1. The summed E-state index contributed by atoms with van der Waals surface area (Å²) >= 11 is 1.48. The van der Waals surface area contributed by atoms with E-state index in [1.54, 1.807) is 0 Å². The molecule has 1 unspecified atom stereocenters. The van der Waals surface area contributed by atoms with Crippen LogP contribution in [0.1, 0.15) is 5.69 Å². The molecule has 0 fully saturated rings. The molecule has 1 atom stereocenters. The number of imidazole rings is 1. The van der Waals surface area contributed by atoms with Crippen LogP contribution in [0.25, 0.3) is 4.96 Å². The number of hydrogen-bond donors (Lipinski definition) is 2. The third-order valence-corrected chi connectivity index (χ3v) is 3.19. The first-order valence-electron chi connectivity index (χ1n) is 5.49. The molecule has 0 amide bonds. The van der Waals surface area contributed by atoms with Crippen molar-refractivity contribution in [2.24, 2.45) is 5.84 Å². The van der Waals surface area contributed by atoms with Gasteiger partial charge in [0.1, 0.15) is 6.61 Å². The van der Waals surface area contributed by atoms with E-state index in [1.165, 1.54) is 11.3 Å². The molecule has 2 heterocycles. The Hall–Kier alpha value is -1.16. The normalized spacial score (nSPS) is 14.1. The van der Waals surface area contributed by atoms with Gasteiger partial charge in [0, 0.05) is 24.2 Å². The molecule has 0 saturated carbocycles. The minimum Gasteiger partial charge on any atom is -0.370 e. The number of nitrogens with one attached hydrogen (secondary N) is 1. The van der Waals surface area contributed by atoms with E-state index in [2.05, 4.69) is 15.1 Å². The van der Waals surface area contributed by atoms with Crippen LogP contribution in [0, 0.1) is 0 Å². The minimum atomic E-state index is -4.32. The van der Waals surface area contributed by atoms with Gasteiger partial charge in [-0.3, -0.25) is 15.7 Å². The Morgan fingerprint density at radius 2 is 2.32 bits per heavy atom. The van der Waals surface area contributed by atoms with Crippen LogP contribution in [-0.2, 0) is 11.2 Å². The molecular formula is C10H13F3N4OS. The van der Waals surface area contributed by atoms with Crippen molar-refractivity contribution in [2.75, 3.05) is 13.2 Å². The van der Waals surface area contributed by atoms with Crippen molar-refractivity contribution in [3.05, 3.63) is 23.5 Å². The van der Waals surface area contributed by atoms with E-state index in [-0.39, 0.29) is 6.61 Å². The van der Waals surface area contributed by atoms with Crippen molar-refractivity contribution in [3.8, 4) is 0 Å². The maximum atomic E-state index is 11.9. The van der Waals surface area contributed by atoms with E-state index in [4.69, 9.17) is 5.84 Å². The summed E-state index contributed by atoms with van der Waals surface area (Å²) in [7, 11) is 0. The molecule has 0 aliphatic heterocycles. The molecule has 0 aliphatic carbocycles. The summed E-state index contributed by atoms with van der Waals surface area (Å²) in [5.41, 5.74) is 3.19. The van der Waals surface area contributed by atoms with Crippen LogP contribution in [0.2, 0.25) is 0 Å². The van der Waals surface area contributed by atoms with Gasteiger partial charge in [-0.25, -0.2) is 4.98 Å². The molecule has 2 aromatic rings. The molecule has 106 valence electrons. The standard InChI is InChI=1S/C10H13F3N4OS/c11-10(12,13)6-18-5-8(16-14)3-7-4-17-1-2-19-9(17)15-7/h1-2,4,8,16H,3,5-6,14H2. The molecule has 2 aromatic heterocycles. The Bertz CT molecular complexity index is 496. The zero-order valence-electron chi connectivity index (χ0n) is 9.85. The number of hydrogen-bond acceptors (Lipinski definition) is 5. The van der Waals surface area contributed by atoms with E-state index in [1.807, 2.05) is 22.2 Å². The van der Waals surface area contributed by atoms with Crippen LogP contribution >= 0.6 is 11.3 Å². The van der Waals surface area contributed by atoms with E-state index >= 15 is 0 Å². The summed E-state index contributed by atoms with van der Waals surface area (Å²) in [6.07, 6.45) is -0.236. The van der Waals surface area contributed by atoms with Gasteiger partial charge in [0.15, 0.2) is 4.96 Å². The third-order valence-electron chi connectivity index (χ3n) is 2.42. The molecule has 0 radical (unpaired) electrons. The topological polar surface area (TPSA) is 64.6 Å². The van der Waals surface area contributed by atoms with Crippen molar-refractivity contribution >= 4 is 16.3 Å². The highest BCUT2D eigenvalue weighted by Gasteiger charge is 2.28. The SMILES string of the molecule is NNC(COCC(F)(F)F)Cc1cn2ccsc2n1. The van der Waals surface area contributed by atoms with Crippen LogP contribution < -0.4 is 11.3 Å². The summed E-state index contributed by atoms with van der Waals surface area (Å²) in [5.74, 6) is 5.30. The zero-order chi connectivity index (χ0) is 13.9. The highest BCUT2D eigenvalue weighted by atomic mass is 32.1. The third kappa shape index (κ3) is 4.16. The average molecular weight is 294 g/mol. The van der Waals surface area contributed by atoms with Crippen LogP contribution in [0.4, 0.5) is 13.2 Å². The summed E-state index contributed by atoms with van der Waals surface area (Å²) in [6.45, 7) is -1.40. The average Bonchev–Trinajstić information content (AvgIpc) is 2.86. The Labute approximate surface area is 111 Å². The fourth-order valence-corrected chi connectivity index (χ4v) is 2.33. The number of fused-ring (bicyclic) bond motifs is 1. The molecule has 0 saturated heterocycles. The van der Waals surface area contributed by atoms with Crippen molar-refractivity contribution in [3.63, 3.8) is 0 Å². The van der Waals surface area contributed by atoms with E-state index in [9.17, 15) is 13.2 Å². The second-order valence-corrected chi connectivity index (χ2v) is 4.90. The van der Waals surface area contributed by atoms with Crippen LogP contribution in [0.3, 0.4) is 0 Å². The van der Waals surface area contributed by atoms with Gasteiger partial charge in [0.25, 0.3) is 0 Å². The van der Waals surface area contributed by atoms with Crippen molar-refractivity contribution in [1.82, 2.24) is 14.8 Å². The van der Waals surface area contributed by atoms with E-state index < -0.39 is 18.8 Å². The number of hydrazine groups is 1. The monoisotopic (exact) mass is 294 g/mol. The predicted octanol–water partition coefficient (Wildman–Crippen LogP) is 1.35. The Balaban J connectivity index is 1.86. The number of ether oxygens (including phenoxy) is 1. The number of aromatic nitrogens is 2. The van der Waals surface area contributed by atoms with Gasteiger partial charge in [-0.2, -0.15) is 13.2 Å². The second-order valence-electron chi connectivity index (χ2n) is 4.02. The lowest BCUT2D eigenvalue weighted by molar-refractivity contribution is -0.175. The molecule has 0 aliphatic rings. The van der Waals surface area contributed by atoms with Gasteiger partial charge in [0.05, 0.1) is 18.3 Å². The maximum Gasteiger partial charge on any atom is 0.411 e. The minimum absolute atomic E-state index is 0.124. The highest BCUT2D eigenvalue weighted by molar-refractivity contribution is 7.15. The summed E-state index contributed by atoms with van der Waals surface area (Å²) in [5, 5.41) is 1.90. The number of nitrogens with zero attached hydrogens (tertiary/aromatic N) is 2. The fourth-order valence-electron chi connectivity index (χ4n) is 1.61. The second kappa shape index (κ2) is 5.87. The van der Waals surface area contributed by atoms with Gasteiger partial charge in [-0.05, 0) is 0 Å². The molecule has 0 aromatic carbocycles. The smallest absolute Gasteiger partial charge is 0.370 e. The molecule has 3 N–H and O–H groups in total. The molecular weight excluding hydrogens is 281 g/mol. The number of halogens is 3. The maximum absolute atomic E-state index is 11.9. The first-order chi connectivity index (χ1) is 8.98. The lowest BCUT2D eigenvalue weighted by Crippen LogP contribution is -2.41. The first kappa shape index (κ1) is 14.3. The van der Waals surface area contributed by atoms with Crippen molar-refractivity contribution in [2.45, 2.75) is 18.6 Å². The van der Waals surface area contributed by atoms with E-state index in [0.29, 0.717) is 6.42 Å². The number of rotatable bonds is 6. The van der Waals surface area contributed by atoms with Gasteiger partial charge in [-0.1, -0.05) is 0 Å². The summed E-state index contributed by atoms with van der Waals surface area (Å²) in [4.78, 5) is 5.16. The predicted molar refractivity (Wildman–Crippen MR) is 64.8 cm³/mol. The highest BCUT2D eigenvalue weighted by Crippen LogP contribution is 2.15. The van der Waals surface area contributed by atoms with Gasteiger partial charge >= 0.3 is 6.18 Å². The van der Waals surface area contributed by atoms with Crippen LogP contribution in [-0.4, -0.2) is 34.8 Å². The molecule has 2 rings (SSSR count). The largest absolute Gasteiger partial charge is 0.411 e. The van der Waals surface area contributed by atoms with Crippen LogP contribution in [0.5, 0.6) is 0 Å². The van der Waals surface area contributed by atoms with E-state index in [0.717, 1.165) is 10.7 Å². The Morgan fingerprint density at radius 3 is 2.95 bits per heavy atom. The lowest BCUT2D eigenvalue weighted by atomic mass is 10.2. The quantitative estimate of drug-likeness (QED) is 0.623. The molecule has 5 nitrogen and oxygen atoms in total. The fraction of sp³-hybridized carbons (Fsp3) is 0.500. The lowest BCUT2D eigenvalue weighted by Gasteiger charge is -2.15. The first-order valence-corrected chi connectivity index (χ1v) is 6.37. The molecule has 19 heavy (non-hydrogen) atoms. The van der Waals surface area contributed by atoms with Gasteiger partial charge in [0.2, 0.25) is 0 Å².